The van der Waals surface area contributed by atoms with E-state index < -0.39 is 0 Å². The molecule has 0 aromatic carbocycles. The molecule has 0 spiro atoms. The Labute approximate surface area is 135 Å². The van der Waals surface area contributed by atoms with Crippen molar-refractivity contribution >= 4 is 5.97 Å². The van der Waals surface area contributed by atoms with Gasteiger partial charge in [0.2, 0.25) is 0 Å². The van der Waals surface area contributed by atoms with E-state index in [4.69, 9.17) is 4.74 Å². The summed E-state index contributed by atoms with van der Waals surface area (Å²) in [6.07, 6.45) is 10.7. The molecule has 0 aromatic heterocycles. The van der Waals surface area contributed by atoms with Crippen molar-refractivity contribution in [2.24, 2.45) is 22.7 Å². The Bertz CT molecular complexity index is 458. The van der Waals surface area contributed by atoms with Gasteiger partial charge in [-0.2, -0.15) is 0 Å². The Hall–Kier alpha value is -0.790. The quantitative estimate of drug-likeness (QED) is 0.522. The summed E-state index contributed by atoms with van der Waals surface area (Å²) in [4.78, 5) is 12.3. The molecule has 0 amide bonds. The smallest absolute Gasteiger partial charge is 0.333 e. The highest BCUT2D eigenvalue weighted by Gasteiger charge is 2.60. The zero-order valence-corrected chi connectivity index (χ0v) is 14.6. The number of rotatable bonds is 4. The molecule has 0 aliphatic heterocycles. The molecule has 0 N–H and O–H groups in total. The van der Waals surface area contributed by atoms with Crippen molar-refractivity contribution in [3.63, 3.8) is 0 Å². The average Bonchev–Trinajstić information content (AvgIpc) is 2.81. The minimum atomic E-state index is -0.129. The number of carbonyl (C=O) groups excluding carboxylic acids is 1. The molecule has 0 radical (unpaired) electrons. The van der Waals surface area contributed by atoms with Crippen molar-refractivity contribution < 1.29 is 9.53 Å². The zero-order chi connectivity index (χ0) is 16.0. The number of carbonyl (C=O) groups is 1. The first kappa shape index (κ1) is 16.1. The fourth-order valence-corrected chi connectivity index (χ4v) is 5.48. The molecule has 0 saturated heterocycles. The Morgan fingerprint density at radius 2 is 1.82 bits per heavy atom. The maximum absolute atomic E-state index is 12.3. The second-order valence-electron chi connectivity index (χ2n) is 8.78. The van der Waals surface area contributed by atoms with E-state index in [0.29, 0.717) is 22.3 Å². The molecule has 3 rings (SSSR count). The highest BCUT2D eigenvalue weighted by molar-refractivity contribution is 5.87. The van der Waals surface area contributed by atoms with Gasteiger partial charge in [-0.1, -0.05) is 33.8 Å². The first-order chi connectivity index (χ1) is 10.3. The molecule has 22 heavy (non-hydrogen) atoms. The van der Waals surface area contributed by atoms with Crippen LogP contribution in [0.4, 0.5) is 0 Å². The molecule has 3 atom stereocenters. The van der Waals surface area contributed by atoms with E-state index in [1.165, 1.54) is 38.5 Å². The summed E-state index contributed by atoms with van der Waals surface area (Å²) < 4.78 is 5.69. The standard InChI is InChI=1S/C20H32O2/c1-14(18(21)22-17-8-6-5-7-9-17)12-16-13-15-10-11-20(16,4)19(15,2)3/h15-17H,1,5-13H2,2-4H3. The van der Waals surface area contributed by atoms with Gasteiger partial charge in [0, 0.05) is 5.57 Å². The molecule has 3 aliphatic rings. The topological polar surface area (TPSA) is 26.3 Å². The molecule has 3 fully saturated rings. The Kier molecular flexibility index (Phi) is 4.16. The van der Waals surface area contributed by atoms with Crippen LogP contribution in [0.25, 0.3) is 0 Å². The van der Waals surface area contributed by atoms with Crippen molar-refractivity contribution in [1.82, 2.24) is 0 Å². The van der Waals surface area contributed by atoms with Crippen molar-refractivity contribution in [1.29, 1.82) is 0 Å². The molecular formula is C20H32O2. The molecule has 3 aliphatic carbocycles. The Balaban J connectivity index is 1.57. The van der Waals surface area contributed by atoms with E-state index in [9.17, 15) is 4.79 Å². The monoisotopic (exact) mass is 304 g/mol. The van der Waals surface area contributed by atoms with Gasteiger partial charge in [0.15, 0.2) is 0 Å². The summed E-state index contributed by atoms with van der Waals surface area (Å²) >= 11 is 0. The minimum absolute atomic E-state index is 0.129. The van der Waals surface area contributed by atoms with Gasteiger partial charge in [0.05, 0.1) is 0 Å². The summed E-state index contributed by atoms with van der Waals surface area (Å²) in [6, 6.07) is 0. The van der Waals surface area contributed by atoms with E-state index in [1.807, 2.05) is 0 Å². The fraction of sp³-hybridized carbons (Fsp3) is 0.850. The van der Waals surface area contributed by atoms with Crippen LogP contribution in [-0.4, -0.2) is 12.1 Å². The molecule has 2 bridgehead atoms. The van der Waals surface area contributed by atoms with Crippen LogP contribution in [-0.2, 0) is 9.53 Å². The van der Waals surface area contributed by atoms with Crippen LogP contribution in [0.2, 0.25) is 0 Å². The zero-order valence-electron chi connectivity index (χ0n) is 14.6. The molecule has 0 aromatic rings. The van der Waals surface area contributed by atoms with Crippen LogP contribution in [0, 0.1) is 22.7 Å². The van der Waals surface area contributed by atoms with Crippen molar-refractivity contribution in [3.8, 4) is 0 Å². The van der Waals surface area contributed by atoms with E-state index >= 15 is 0 Å². The third-order valence-electron chi connectivity index (χ3n) is 7.58. The molecule has 2 nitrogen and oxygen atoms in total. The van der Waals surface area contributed by atoms with Gasteiger partial charge in [0.1, 0.15) is 6.10 Å². The lowest BCUT2D eigenvalue weighted by atomic mass is 9.65. The molecule has 3 unspecified atom stereocenters. The highest BCUT2D eigenvalue weighted by Crippen LogP contribution is 2.69. The number of esters is 1. The predicted molar refractivity (Wildman–Crippen MR) is 89.4 cm³/mol. The molecule has 0 heterocycles. The molecule has 124 valence electrons. The normalized spacial score (nSPS) is 37.2. The number of hydrogen-bond donors (Lipinski definition) is 0. The van der Waals surface area contributed by atoms with Gasteiger partial charge in [-0.15, -0.1) is 0 Å². The van der Waals surface area contributed by atoms with Crippen molar-refractivity contribution in [3.05, 3.63) is 12.2 Å². The third-order valence-corrected chi connectivity index (χ3v) is 7.58. The van der Waals surface area contributed by atoms with E-state index in [2.05, 4.69) is 27.4 Å². The van der Waals surface area contributed by atoms with Gasteiger partial charge >= 0.3 is 5.97 Å². The van der Waals surface area contributed by atoms with Crippen LogP contribution in [0.3, 0.4) is 0 Å². The van der Waals surface area contributed by atoms with Crippen LogP contribution < -0.4 is 0 Å². The summed E-state index contributed by atoms with van der Waals surface area (Å²) in [6.45, 7) is 11.4. The van der Waals surface area contributed by atoms with Crippen LogP contribution >= 0.6 is 0 Å². The lowest BCUT2D eigenvalue weighted by Gasteiger charge is -2.39. The predicted octanol–water partition coefficient (Wildman–Crippen LogP) is 5.27. The molecule has 2 heteroatoms. The van der Waals surface area contributed by atoms with Gasteiger partial charge < -0.3 is 4.74 Å². The molecular weight excluding hydrogens is 272 g/mol. The first-order valence-corrected chi connectivity index (χ1v) is 9.23. The second kappa shape index (κ2) is 5.69. The minimum Gasteiger partial charge on any atom is -0.459 e. The van der Waals surface area contributed by atoms with E-state index in [-0.39, 0.29) is 12.1 Å². The molecule has 3 saturated carbocycles. The number of ether oxygens (including phenoxy) is 1. The van der Waals surface area contributed by atoms with Gasteiger partial charge in [0.25, 0.3) is 0 Å². The van der Waals surface area contributed by atoms with E-state index in [1.54, 1.807) is 0 Å². The third kappa shape index (κ3) is 2.53. The summed E-state index contributed by atoms with van der Waals surface area (Å²) in [5, 5.41) is 0. The van der Waals surface area contributed by atoms with Crippen molar-refractivity contribution in [2.75, 3.05) is 0 Å². The SMILES string of the molecule is C=C(CC1CC2CCC1(C)C2(C)C)C(=O)OC1CCCCC1. The van der Waals surface area contributed by atoms with Crippen LogP contribution in [0.5, 0.6) is 0 Å². The van der Waals surface area contributed by atoms with Crippen LogP contribution in [0.15, 0.2) is 12.2 Å². The number of fused-ring (bicyclic) bond motifs is 2. The van der Waals surface area contributed by atoms with Crippen LogP contribution in [0.1, 0.15) is 78.6 Å². The van der Waals surface area contributed by atoms with Gasteiger partial charge in [-0.25, -0.2) is 4.79 Å². The highest BCUT2D eigenvalue weighted by atomic mass is 16.5. The summed E-state index contributed by atoms with van der Waals surface area (Å²) in [5.74, 6) is 1.30. The average molecular weight is 304 g/mol. The van der Waals surface area contributed by atoms with Crippen molar-refractivity contribution in [2.45, 2.75) is 84.7 Å². The largest absolute Gasteiger partial charge is 0.459 e. The maximum atomic E-state index is 12.3. The lowest BCUT2D eigenvalue weighted by Crippen LogP contribution is -2.33. The van der Waals surface area contributed by atoms with Gasteiger partial charge in [-0.05, 0) is 74.0 Å². The summed E-state index contributed by atoms with van der Waals surface area (Å²) in [7, 11) is 0. The Morgan fingerprint density at radius 3 is 2.36 bits per heavy atom. The maximum Gasteiger partial charge on any atom is 0.333 e. The van der Waals surface area contributed by atoms with Gasteiger partial charge in [-0.3, -0.25) is 0 Å². The fourth-order valence-electron chi connectivity index (χ4n) is 5.48. The Morgan fingerprint density at radius 1 is 1.14 bits per heavy atom. The summed E-state index contributed by atoms with van der Waals surface area (Å²) in [5.41, 5.74) is 1.48. The lowest BCUT2D eigenvalue weighted by molar-refractivity contribution is -0.146. The number of hydrogen-bond acceptors (Lipinski definition) is 2. The second-order valence-corrected chi connectivity index (χ2v) is 8.78. The first-order valence-electron chi connectivity index (χ1n) is 9.23. The van der Waals surface area contributed by atoms with E-state index in [0.717, 1.165) is 25.2 Å².